The predicted molar refractivity (Wildman–Crippen MR) is 61.5 cm³/mol. The maximum Gasteiger partial charge on any atom is 0.398 e. The van der Waals surface area contributed by atoms with E-state index in [2.05, 4.69) is 0 Å². The fraction of sp³-hybridized carbons (Fsp3) is 0.417. The second-order valence-corrected chi connectivity index (χ2v) is 4.20. The minimum atomic E-state index is -4.76. The highest BCUT2D eigenvalue weighted by atomic mass is 19.4. The van der Waals surface area contributed by atoms with Crippen LogP contribution in [0.2, 0.25) is 0 Å². The highest BCUT2D eigenvalue weighted by molar-refractivity contribution is 5.97. The van der Waals surface area contributed by atoms with Crippen LogP contribution in [0.5, 0.6) is 0 Å². The molecule has 0 bridgehead atoms. The SMILES string of the molecule is Cc1ccccc1C(=O)CC(C[N+](=O)[O-])C(F)(F)F. The fourth-order valence-electron chi connectivity index (χ4n) is 1.68. The maximum atomic E-state index is 12.6. The number of alkyl halides is 3. The average Bonchev–Trinajstić information content (AvgIpc) is 2.26. The molecule has 7 heteroatoms. The number of Topliss-reactive ketones (excluding diaryl/α,β-unsaturated/α-hetero) is 1. The third-order valence-electron chi connectivity index (χ3n) is 2.71. The molecular formula is C12H12F3NO3. The Hall–Kier alpha value is -1.92. The zero-order valence-corrected chi connectivity index (χ0v) is 10.1. The van der Waals surface area contributed by atoms with E-state index in [1.807, 2.05) is 0 Å². The molecule has 0 spiro atoms. The molecule has 0 aliphatic carbocycles. The zero-order valence-electron chi connectivity index (χ0n) is 10.1. The van der Waals surface area contributed by atoms with Gasteiger partial charge in [0.1, 0.15) is 5.92 Å². The molecule has 1 aromatic rings. The molecule has 1 unspecified atom stereocenters. The number of hydrogen-bond donors (Lipinski definition) is 0. The van der Waals surface area contributed by atoms with Crippen LogP contribution in [0.15, 0.2) is 24.3 Å². The van der Waals surface area contributed by atoms with Crippen molar-refractivity contribution in [3.05, 3.63) is 45.5 Å². The minimum Gasteiger partial charge on any atom is -0.294 e. The van der Waals surface area contributed by atoms with Crippen LogP contribution in [0.25, 0.3) is 0 Å². The summed E-state index contributed by atoms with van der Waals surface area (Å²) in [5.41, 5.74) is 0.717. The van der Waals surface area contributed by atoms with Gasteiger partial charge >= 0.3 is 6.18 Å². The number of nitro groups is 1. The van der Waals surface area contributed by atoms with Gasteiger partial charge in [0.05, 0.1) is 0 Å². The number of carbonyl (C=O) groups is 1. The standard InChI is InChI=1S/C12H12F3NO3/c1-8-4-2-3-5-10(8)11(17)6-9(7-16(18)19)12(13,14)15/h2-5,9H,6-7H2,1H3. The second-order valence-electron chi connectivity index (χ2n) is 4.20. The van der Waals surface area contributed by atoms with Crippen LogP contribution in [0.1, 0.15) is 22.3 Å². The minimum absolute atomic E-state index is 0.167. The van der Waals surface area contributed by atoms with E-state index in [0.717, 1.165) is 0 Å². The van der Waals surface area contributed by atoms with Crippen LogP contribution >= 0.6 is 0 Å². The van der Waals surface area contributed by atoms with Gasteiger partial charge in [-0.25, -0.2) is 0 Å². The van der Waals surface area contributed by atoms with Crippen molar-refractivity contribution in [2.24, 2.45) is 5.92 Å². The van der Waals surface area contributed by atoms with Crippen molar-refractivity contribution < 1.29 is 22.9 Å². The summed E-state index contributed by atoms with van der Waals surface area (Å²) in [6.07, 6.45) is -5.67. The first-order valence-electron chi connectivity index (χ1n) is 5.49. The Morgan fingerprint density at radius 3 is 2.42 bits per heavy atom. The molecule has 0 fully saturated rings. The van der Waals surface area contributed by atoms with Crippen LogP contribution in [0, 0.1) is 23.0 Å². The molecule has 0 amide bonds. The predicted octanol–water partition coefficient (Wildman–Crippen LogP) is 3.02. The van der Waals surface area contributed by atoms with Crippen molar-refractivity contribution in [2.75, 3.05) is 6.54 Å². The Bertz CT molecular complexity index is 485. The summed E-state index contributed by atoms with van der Waals surface area (Å²) in [5.74, 6) is -2.99. The Morgan fingerprint density at radius 1 is 1.37 bits per heavy atom. The first-order chi connectivity index (χ1) is 8.71. The van der Waals surface area contributed by atoms with Crippen molar-refractivity contribution >= 4 is 5.78 Å². The Labute approximate surface area is 107 Å². The highest BCUT2D eigenvalue weighted by Gasteiger charge is 2.44. The lowest BCUT2D eigenvalue weighted by atomic mass is 9.95. The topological polar surface area (TPSA) is 60.2 Å². The summed E-state index contributed by atoms with van der Waals surface area (Å²) in [5, 5.41) is 10.2. The number of ketones is 1. The number of benzene rings is 1. The van der Waals surface area contributed by atoms with E-state index >= 15 is 0 Å². The van der Waals surface area contributed by atoms with Crippen LogP contribution in [-0.4, -0.2) is 23.4 Å². The number of rotatable bonds is 5. The first kappa shape index (κ1) is 15.1. The number of hydrogen-bond acceptors (Lipinski definition) is 3. The molecule has 0 radical (unpaired) electrons. The molecule has 0 saturated carbocycles. The summed E-state index contributed by atoms with van der Waals surface area (Å²) in [6.45, 7) is 0.310. The first-order valence-corrected chi connectivity index (χ1v) is 5.49. The lowest BCUT2D eigenvalue weighted by Crippen LogP contribution is -2.32. The smallest absolute Gasteiger partial charge is 0.294 e. The average molecular weight is 275 g/mol. The Morgan fingerprint density at radius 2 is 1.95 bits per heavy atom. The normalized spacial score (nSPS) is 13.1. The molecule has 0 heterocycles. The molecule has 0 aromatic heterocycles. The molecule has 0 N–H and O–H groups in total. The van der Waals surface area contributed by atoms with Crippen molar-refractivity contribution in [3.63, 3.8) is 0 Å². The van der Waals surface area contributed by atoms with Gasteiger partial charge in [-0.05, 0) is 12.5 Å². The van der Waals surface area contributed by atoms with E-state index < -0.39 is 35.8 Å². The molecule has 1 rings (SSSR count). The third-order valence-corrected chi connectivity index (χ3v) is 2.71. The summed E-state index contributed by atoms with van der Waals surface area (Å²) >= 11 is 0. The number of carbonyl (C=O) groups excluding carboxylic acids is 1. The number of nitrogens with zero attached hydrogens (tertiary/aromatic N) is 1. The van der Waals surface area contributed by atoms with Gasteiger partial charge in [0.2, 0.25) is 6.54 Å². The lowest BCUT2D eigenvalue weighted by Gasteiger charge is -2.16. The molecule has 0 saturated heterocycles. The van der Waals surface area contributed by atoms with Crippen molar-refractivity contribution in [2.45, 2.75) is 19.5 Å². The van der Waals surface area contributed by atoms with Crippen LogP contribution < -0.4 is 0 Å². The highest BCUT2D eigenvalue weighted by Crippen LogP contribution is 2.30. The van der Waals surface area contributed by atoms with Crippen LogP contribution in [0.3, 0.4) is 0 Å². The van der Waals surface area contributed by atoms with Gasteiger partial charge in [0.25, 0.3) is 0 Å². The van der Waals surface area contributed by atoms with Gasteiger partial charge in [-0.15, -0.1) is 0 Å². The van der Waals surface area contributed by atoms with Gasteiger partial charge in [-0.3, -0.25) is 14.9 Å². The third kappa shape index (κ3) is 4.35. The van der Waals surface area contributed by atoms with E-state index in [0.29, 0.717) is 5.56 Å². The van der Waals surface area contributed by atoms with E-state index in [-0.39, 0.29) is 5.56 Å². The number of aryl methyl sites for hydroxylation is 1. The lowest BCUT2D eigenvalue weighted by molar-refractivity contribution is -0.497. The quantitative estimate of drug-likeness (QED) is 0.471. The molecule has 1 atom stereocenters. The maximum absolute atomic E-state index is 12.6. The molecular weight excluding hydrogens is 263 g/mol. The van der Waals surface area contributed by atoms with Gasteiger partial charge in [-0.2, -0.15) is 13.2 Å². The van der Waals surface area contributed by atoms with Gasteiger partial charge < -0.3 is 0 Å². The Kier molecular flexibility index (Phi) is 4.63. The number of halogens is 3. The Balaban J connectivity index is 2.88. The largest absolute Gasteiger partial charge is 0.398 e. The summed E-state index contributed by atoms with van der Waals surface area (Å²) in [4.78, 5) is 21.0. The van der Waals surface area contributed by atoms with Gasteiger partial charge in [0.15, 0.2) is 5.78 Å². The molecule has 4 nitrogen and oxygen atoms in total. The molecule has 1 aromatic carbocycles. The molecule has 19 heavy (non-hydrogen) atoms. The summed E-state index contributed by atoms with van der Waals surface area (Å²) in [7, 11) is 0. The summed E-state index contributed by atoms with van der Waals surface area (Å²) in [6, 6.07) is 6.21. The van der Waals surface area contributed by atoms with Gasteiger partial charge in [-0.1, -0.05) is 24.3 Å². The van der Waals surface area contributed by atoms with Crippen LogP contribution in [-0.2, 0) is 0 Å². The van der Waals surface area contributed by atoms with Crippen molar-refractivity contribution in [3.8, 4) is 0 Å². The van der Waals surface area contributed by atoms with E-state index in [1.165, 1.54) is 12.1 Å². The molecule has 0 aliphatic rings. The van der Waals surface area contributed by atoms with E-state index in [1.54, 1.807) is 19.1 Å². The van der Waals surface area contributed by atoms with E-state index in [9.17, 15) is 28.1 Å². The fourth-order valence-corrected chi connectivity index (χ4v) is 1.68. The monoisotopic (exact) mass is 275 g/mol. The molecule has 104 valence electrons. The second kappa shape index (κ2) is 5.81. The van der Waals surface area contributed by atoms with Crippen molar-refractivity contribution in [1.29, 1.82) is 0 Å². The molecule has 0 aliphatic heterocycles. The summed E-state index contributed by atoms with van der Waals surface area (Å²) < 4.78 is 37.8. The van der Waals surface area contributed by atoms with Crippen molar-refractivity contribution in [1.82, 2.24) is 0 Å². The van der Waals surface area contributed by atoms with E-state index in [4.69, 9.17) is 0 Å². The zero-order chi connectivity index (χ0) is 14.6. The van der Waals surface area contributed by atoms with Crippen LogP contribution in [0.4, 0.5) is 13.2 Å². The van der Waals surface area contributed by atoms with Gasteiger partial charge in [0, 0.05) is 16.9 Å².